The Morgan fingerprint density at radius 3 is 2.52 bits per heavy atom. The van der Waals surface area contributed by atoms with Crippen LogP contribution in [0.4, 0.5) is 0 Å². The third kappa shape index (κ3) is 11.2. The molecule has 0 saturated carbocycles. The summed E-state index contributed by atoms with van der Waals surface area (Å²) in [4.78, 5) is 8.94. The first-order valence-electron chi connectivity index (χ1n) is 10.1. The summed E-state index contributed by atoms with van der Waals surface area (Å²) in [7, 11) is 1.80. The number of thioether (sulfide) groups is 1. The third-order valence-electron chi connectivity index (χ3n) is 3.60. The first-order chi connectivity index (χ1) is 15.1. The smallest absolute Gasteiger partial charge is 0.153 e. The third-order valence-corrected chi connectivity index (χ3v) is 4.31. The van der Waals surface area contributed by atoms with Gasteiger partial charge in [0, 0.05) is 5.56 Å². The predicted molar refractivity (Wildman–Crippen MR) is 134 cm³/mol. The molecular weight excluding hydrogens is 408 g/mol. The topological polar surface area (TPSA) is 105 Å². The minimum absolute atomic E-state index is 0.110. The molecule has 0 aromatic heterocycles. The van der Waals surface area contributed by atoms with E-state index in [4.69, 9.17) is 5.11 Å². The van der Waals surface area contributed by atoms with Crippen LogP contribution in [0.15, 0.2) is 76.6 Å². The zero-order valence-electron chi connectivity index (χ0n) is 19.0. The average molecular weight is 443 g/mol. The first-order valence-corrected chi connectivity index (χ1v) is 11.3. The number of amidine groups is 1. The highest BCUT2D eigenvalue weighted by atomic mass is 32.2. The summed E-state index contributed by atoms with van der Waals surface area (Å²) >= 11 is 1.56. The van der Waals surface area contributed by atoms with Gasteiger partial charge in [0.1, 0.15) is 11.1 Å². The van der Waals surface area contributed by atoms with E-state index < -0.39 is 0 Å². The van der Waals surface area contributed by atoms with Crippen LogP contribution in [-0.4, -0.2) is 42.0 Å². The van der Waals surface area contributed by atoms with E-state index in [0.717, 1.165) is 23.3 Å². The second-order valence-electron chi connectivity index (χ2n) is 5.74. The van der Waals surface area contributed by atoms with Crippen molar-refractivity contribution in [3.8, 4) is 6.07 Å². The molecular formula is C23H34N6OS. The highest BCUT2D eigenvalue weighted by molar-refractivity contribution is 8.13. The minimum Gasteiger partial charge on any atom is -0.516 e. The van der Waals surface area contributed by atoms with Crippen molar-refractivity contribution in [1.29, 1.82) is 5.26 Å². The molecule has 0 spiro atoms. The molecule has 1 unspecified atom stereocenters. The summed E-state index contributed by atoms with van der Waals surface area (Å²) in [6.45, 7) is 10.2. The Kier molecular flexibility index (Phi) is 16.3. The Labute approximate surface area is 190 Å². The van der Waals surface area contributed by atoms with Gasteiger partial charge in [-0.2, -0.15) is 5.26 Å². The van der Waals surface area contributed by atoms with Gasteiger partial charge in [-0.1, -0.05) is 63.8 Å². The van der Waals surface area contributed by atoms with E-state index >= 15 is 0 Å². The van der Waals surface area contributed by atoms with Gasteiger partial charge in [0.25, 0.3) is 0 Å². The highest BCUT2D eigenvalue weighted by Gasteiger charge is 2.16. The number of nitriles is 1. The lowest BCUT2D eigenvalue weighted by atomic mass is 10.2. The van der Waals surface area contributed by atoms with E-state index in [0.29, 0.717) is 23.7 Å². The number of hydrazine groups is 1. The van der Waals surface area contributed by atoms with Crippen LogP contribution in [0.2, 0.25) is 0 Å². The maximum absolute atomic E-state index is 9.22. The summed E-state index contributed by atoms with van der Waals surface area (Å²) in [5.74, 6) is 0.491. The Morgan fingerprint density at radius 1 is 1.35 bits per heavy atom. The summed E-state index contributed by atoms with van der Waals surface area (Å²) in [5.41, 5.74) is 8.08. The van der Waals surface area contributed by atoms with Gasteiger partial charge < -0.3 is 15.8 Å². The normalized spacial score (nSPS) is 16.8. The average Bonchev–Trinajstić information content (AvgIpc) is 2.83. The molecule has 0 aliphatic carbocycles. The van der Waals surface area contributed by atoms with E-state index in [2.05, 4.69) is 38.8 Å². The van der Waals surface area contributed by atoms with Crippen molar-refractivity contribution >= 4 is 22.6 Å². The molecule has 0 fully saturated rings. The Hall–Kier alpha value is -2.86. The number of nitrogens with one attached hydrogen (secondary N) is 3. The number of nitrogens with zero attached hydrogens (tertiary/aromatic N) is 3. The molecule has 7 nitrogen and oxygen atoms in total. The molecule has 0 saturated heterocycles. The minimum atomic E-state index is -0.110. The lowest BCUT2D eigenvalue weighted by molar-refractivity contribution is 0.471. The van der Waals surface area contributed by atoms with Gasteiger partial charge in [-0.15, -0.1) is 11.8 Å². The maximum Gasteiger partial charge on any atom is 0.153 e. The zero-order valence-corrected chi connectivity index (χ0v) is 19.8. The van der Waals surface area contributed by atoms with Crippen molar-refractivity contribution in [2.24, 2.45) is 9.98 Å². The van der Waals surface area contributed by atoms with Crippen LogP contribution in [-0.2, 0) is 0 Å². The molecule has 0 radical (unpaired) electrons. The molecule has 168 valence electrons. The molecule has 4 N–H and O–H groups in total. The number of allylic oxidation sites excluding steroid dienone is 1. The quantitative estimate of drug-likeness (QED) is 0.297. The molecule has 1 aliphatic rings. The lowest BCUT2D eigenvalue weighted by Gasteiger charge is -2.22. The van der Waals surface area contributed by atoms with Crippen molar-refractivity contribution in [1.82, 2.24) is 16.2 Å². The van der Waals surface area contributed by atoms with Crippen molar-refractivity contribution in [2.75, 3.05) is 19.8 Å². The SMILES string of the molecule is C=C(CN=C1NNC(NC)C=C1C#N)N=C(SC)c1ccccc1.CC.CC/C=C/O. The van der Waals surface area contributed by atoms with E-state index in [1.807, 2.05) is 57.4 Å². The van der Waals surface area contributed by atoms with Crippen molar-refractivity contribution in [2.45, 2.75) is 33.4 Å². The van der Waals surface area contributed by atoms with Crippen LogP contribution in [0.1, 0.15) is 32.8 Å². The fourth-order valence-electron chi connectivity index (χ4n) is 2.13. The van der Waals surface area contributed by atoms with Crippen LogP contribution < -0.4 is 16.2 Å². The molecule has 31 heavy (non-hydrogen) atoms. The van der Waals surface area contributed by atoms with Crippen LogP contribution in [0, 0.1) is 11.3 Å². The molecule has 0 bridgehead atoms. The van der Waals surface area contributed by atoms with Crippen molar-refractivity contribution < 1.29 is 5.11 Å². The lowest BCUT2D eigenvalue weighted by Crippen LogP contribution is -2.53. The van der Waals surface area contributed by atoms with Gasteiger partial charge in [0.15, 0.2) is 5.84 Å². The number of likely N-dealkylation sites (N-methyl/N-ethyl adjacent to an activating group) is 1. The van der Waals surface area contributed by atoms with Crippen LogP contribution >= 0.6 is 11.8 Å². The molecule has 1 atom stereocenters. The Bertz CT molecular complexity index is 809. The summed E-state index contributed by atoms with van der Waals surface area (Å²) in [6, 6.07) is 12.1. The van der Waals surface area contributed by atoms with E-state index in [1.165, 1.54) is 0 Å². The highest BCUT2D eigenvalue weighted by Crippen LogP contribution is 2.13. The number of hydrogen-bond donors (Lipinski definition) is 4. The largest absolute Gasteiger partial charge is 0.516 e. The number of aliphatic hydroxyl groups is 1. The zero-order chi connectivity index (χ0) is 23.5. The second kappa shape index (κ2) is 18.0. The Balaban J connectivity index is 0.00000113. The van der Waals surface area contributed by atoms with Gasteiger partial charge >= 0.3 is 0 Å². The van der Waals surface area contributed by atoms with Crippen LogP contribution in [0.3, 0.4) is 0 Å². The van der Waals surface area contributed by atoms with Gasteiger partial charge in [-0.3, -0.25) is 4.99 Å². The number of aliphatic imine (C=N–C) groups is 2. The van der Waals surface area contributed by atoms with Crippen LogP contribution in [0.5, 0.6) is 0 Å². The Morgan fingerprint density at radius 2 is 2.03 bits per heavy atom. The van der Waals surface area contributed by atoms with Crippen LogP contribution in [0.25, 0.3) is 0 Å². The van der Waals surface area contributed by atoms with E-state index in [1.54, 1.807) is 31.0 Å². The van der Waals surface area contributed by atoms with Gasteiger partial charge in [0.2, 0.25) is 0 Å². The van der Waals surface area contributed by atoms with E-state index in [9.17, 15) is 5.26 Å². The number of hydrogen-bond acceptors (Lipinski definition) is 7. The van der Waals surface area contributed by atoms with Gasteiger partial charge in [0.05, 0.1) is 30.2 Å². The summed E-state index contributed by atoms with van der Waals surface area (Å²) in [6.07, 6.45) is 7.29. The first kappa shape index (κ1) is 28.1. The molecule has 1 aromatic rings. The molecule has 1 heterocycles. The summed E-state index contributed by atoms with van der Waals surface area (Å²) in [5, 5.41) is 21.0. The summed E-state index contributed by atoms with van der Waals surface area (Å²) < 4.78 is 0. The maximum atomic E-state index is 9.22. The molecule has 0 amide bonds. The monoisotopic (exact) mass is 442 g/mol. The number of benzene rings is 1. The number of rotatable bonds is 6. The molecule has 2 rings (SSSR count). The fraction of sp³-hybridized carbons (Fsp3) is 0.348. The number of aliphatic hydroxyl groups excluding tert-OH is 1. The molecule has 1 aromatic carbocycles. The standard InChI is InChI=1S/C17H20N6S.C4H8O.C2H6/c1-12(21-17(24-3)13-7-5-4-6-8-13)11-20-16-14(10-18)9-15(19-2)22-23-16;1-2-3-4-5;1-2/h4-9,15,19,22H,1,11H2,2-3H3,(H,20,23);3-5H,2H2,1H3;1-2H3/b;4-3+;. The predicted octanol–water partition coefficient (Wildman–Crippen LogP) is 4.31. The molecule has 8 heteroatoms. The van der Waals surface area contributed by atoms with Gasteiger partial charge in [-0.05, 0) is 25.8 Å². The fourth-order valence-corrected chi connectivity index (χ4v) is 2.73. The van der Waals surface area contributed by atoms with Crippen molar-refractivity contribution in [3.63, 3.8) is 0 Å². The van der Waals surface area contributed by atoms with Gasteiger partial charge in [-0.25, -0.2) is 10.4 Å². The second-order valence-corrected chi connectivity index (χ2v) is 6.53. The van der Waals surface area contributed by atoms with Crippen molar-refractivity contribution in [3.05, 3.63) is 72.2 Å². The van der Waals surface area contributed by atoms with E-state index in [-0.39, 0.29) is 6.17 Å². The molecule has 1 aliphatic heterocycles.